The Balaban J connectivity index is 1.83. The van der Waals surface area contributed by atoms with Gasteiger partial charge in [-0.25, -0.2) is 0 Å². The average Bonchev–Trinajstić information content (AvgIpc) is 2.87. The lowest BCUT2D eigenvalue weighted by atomic mass is 9.66. The molecule has 0 aromatic heterocycles. The Labute approximate surface area is 163 Å². The molecule has 4 heteroatoms. The molecule has 0 bridgehead atoms. The molecule has 0 amide bonds. The van der Waals surface area contributed by atoms with Crippen LogP contribution in [-0.2, 0) is 0 Å². The summed E-state index contributed by atoms with van der Waals surface area (Å²) in [6, 6.07) is 0. The van der Waals surface area contributed by atoms with Crippen LogP contribution in [0.5, 0.6) is 0 Å². The molecule has 8 atom stereocenters. The van der Waals surface area contributed by atoms with Crippen molar-refractivity contribution >= 4 is 31.9 Å². The van der Waals surface area contributed by atoms with Crippen LogP contribution in [0.25, 0.3) is 0 Å². The number of alkyl halides is 2. The third kappa shape index (κ3) is 2.88. The van der Waals surface area contributed by atoms with Crippen molar-refractivity contribution in [1.29, 1.82) is 0 Å². The zero-order valence-corrected chi connectivity index (χ0v) is 18.5. The van der Waals surface area contributed by atoms with Gasteiger partial charge in [-0.05, 0) is 69.1 Å². The average molecular weight is 464 g/mol. The molecule has 2 nitrogen and oxygen atoms in total. The third-order valence-electron chi connectivity index (χ3n) is 7.62. The van der Waals surface area contributed by atoms with E-state index in [0.29, 0.717) is 28.5 Å². The molecule has 138 valence electrons. The first kappa shape index (κ1) is 19.4. The number of rotatable bonds is 2. The molecule has 0 saturated heterocycles. The highest BCUT2D eigenvalue weighted by molar-refractivity contribution is 9.09. The molecular weight excluding hydrogens is 432 g/mol. The van der Waals surface area contributed by atoms with E-state index < -0.39 is 11.2 Å². The molecule has 3 aliphatic rings. The van der Waals surface area contributed by atoms with Crippen LogP contribution in [0.1, 0.15) is 59.8 Å². The van der Waals surface area contributed by atoms with E-state index in [2.05, 4.69) is 52.3 Å². The Hall–Kier alpha value is 0.620. The second-order valence-electron chi connectivity index (χ2n) is 9.64. The second kappa shape index (κ2) is 6.07. The number of aliphatic hydroxyl groups is 2. The van der Waals surface area contributed by atoms with E-state index in [0.717, 1.165) is 32.1 Å². The third-order valence-corrected chi connectivity index (χ3v) is 10.1. The molecule has 0 heterocycles. The van der Waals surface area contributed by atoms with Gasteiger partial charge < -0.3 is 10.2 Å². The molecule has 24 heavy (non-hydrogen) atoms. The van der Waals surface area contributed by atoms with Gasteiger partial charge in [0.05, 0.1) is 11.2 Å². The van der Waals surface area contributed by atoms with Crippen molar-refractivity contribution in [2.45, 2.75) is 80.7 Å². The Morgan fingerprint density at radius 2 is 1.58 bits per heavy atom. The maximum absolute atomic E-state index is 10.9. The van der Waals surface area contributed by atoms with Crippen molar-refractivity contribution in [2.24, 2.45) is 29.1 Å². The lowest BCUT2D eigenvalue weighted by Gasteiger charge is -2.43. The van der Waals surface area contributed by atoms with Gasteiger partial charge in [0.25, 0.3) is 0 Å². The molecule has 2 N–H and O–H groups in total. The molecule has 0 aromatic rings. The lowest BCUT2D eigenvalue weighted by Crippen LogP contribution is -2.43. The Bertz CT molecular complexity index is 526. The fraction of sp³-hybridized carbons (Fsp3) is 0.900. The molecule has 0 aromatic carbocycles. The Kier molecular flexibility index (Phi) is 4.90. The quantitative estimate of drug-likeness (QED) is 0.444. The standard InChI is InChI=1S/C20H32Br2O2/c1-11(12-6-8-19(4,23)14(21)10-12)15-17(22)16-13(18(15,2)3)7-9-20(16,5)24/h12-17,23-24H,1,6-10H2,2-5H3/t12-,13-,14-,15+,16+,17+,19+,20-/m1/s1. The molecule has 0 radical (unpaired) electrons. The van der Waals surface area contributed by atoms with Crippen molar-refractivity contribution in [1.82, 2.24) is 0 Å². The van der Waals surface area contributed by atoms with Crippen LogP contribution in [0.15, 0.2) is 12.2 Å². The van der Waals surface area contributed by atoms with Gasteiger partial charge in [0.1, 0.15) is 0 Å². The van der Waals surface area contributed by atoms with E-state index in [9.17, 15) is 10.2 Å². The highest BCUT2D eigenvalue weighted by Gasteiger charge is 2.63. The van der Waals surface area contributed by atoms with Gasteiger partial charge in [-0.15, -0.1) is 0 Å². The minimum Gasteiger partial charge on any atom is -0.390 e. The van der Waals surface area contributed by atoms with Crippen LogP contribution < -0.4 is 0 Å². The fourth-order valence-electron chi connectivity index (χ4n) is 5.99. The van der Waals surface area contributed by atoms with Crippen molar-refractivity contribution in [3.8, 4) is 0 Å². The van der Waals surface area contributed by atoms with Gasteiger partial charge in [-0.2, -0.15) is 0 Å². The van der Waals surface area contributed by atoms with Crippen molar-refractivity contribution < 1.29 is 10.2 Å². The smallest absolute Gasteiger partial charge is 0.0744 e. The lowest BCUT2D eigenvalue weighted by molar-refractivity contribution is 0.0153. The Morgan fingerprint density at radius 3 is 2.12 bits per heavy atom. The second-order valence-corrected chi connectivity index (χ2v) is 11.8. The molecule has 3 saturated carbocycles. The van der Waals surface area contributed by atoms with Crippen LogP contribution in [0.3, 0.4) is 0 Å². The number of halogens is 2. The van der Waals surface area contributed by atoms with Crippen LogP contribution >= 0.6 is 31.9 Å². The molecule has 0 aliphatic heterocycles. The fourth-order valence-corrected chi connectivity index (χ4v) is 8.63. The monoisotopic (exact) mass is 462 g/mol. The minimum atomic E-state index is -0.615. The summed E-state index contributed by atoms with van der Waals surface area (Å²) in [6.07, 6.45) is 4.78. The number of hydrogen-bond donors (Lipinski definition) is 2. The molecule has 0 unspecified atom stereocenters. The maximum atomic E-state index is 10.9. The predicted molar refractivity (Wildman–Crippen MR) is 107 cm³/mol. The van der Waals surface area contributed by atoms with E-state index in [1.807, 2.05) is 13.8 Å². The molecule has 0 spiro atoms. The summed E-state index contributed by atoms with van der Waals surface area (Å²) >= 11 is 7.68. The summed E-state index contributed by atoms with van der Waals surface area (Å²) in [5.41, 5.74) is 0.292. The SMILES string of the molecule is C=C([C@@H]1CC[C@](C)(O)[C@H](Br)C1)[C@H]1[C@H](Br)[C@@H]2[C@@H](CC[C@@]2(C)O)C1(C)C. The topological polar surface area (TPSA) is 40.5 Å². The van der Waals surface area contributed by atoms with Crippen molar-refractivity contribution in [3.05, 3.63) is 12.2 Å². The first-order valence-electron chi connectivity index (χ1n) is 9.31. The van der Waals surface area contributed by atoms with Gasteiger partial charge >= 0.3 is 0 Å². The summed E-state index contributed by atoms with van der Waals surface area (Å²) < 4.78 is 0. The Morgan fingerprint density at radius 1 is 1.00 bits per heavy atom. The highest BCUT2D eigenvalue weighted by Crippen LogP contribution is 2.65. The zero-order chi connectivity index (χ0) is 18.1. The molecular formula is C20H32Br2O2. The summed E-state index contributed by atoms with van der Waals surface area (Å²) in [5.74, 6) is 1.68. The van der Waals surface area contributed by atoms with Gasteiger partial charge in [-0.1, -0.05) is 57.9 Å². The van der Waals surface area contributed by atoms with Gasteiger partial charge in [0, 0.05) is 15.6 Å². The van der Waals surface area contributed by atoms with Gasteiger partial charge in [0.15, 0.2) is 0 Å². The van der Waals surface area contributed by atoms with E-state index in [-0.39, 0.29) is 10.2 Å². The molecule has 3 fully saturated rings. The summed E-state index contributed by atoms with van der Waals surface area (Å²) in [5, 5.41) is 21.3. The maximum Gasteiger partial charge on any atom is 0.0744 e. The molecule has 3 rings (SSSR count). The highest BCUT2D eigenvalue weighted by atomic mass is 79.9. The zero-order valence-electron chi connectivity index (χ0n) is 15.4. The normalized spacial score (nSPS) is 53.8. The van der Waals surface area contributed by atoms with E-state index in [1.165, 1.54) is 5.57 Å². The summed E-state index contributed by atoms with van der Waals surface area (Å²) in [7, 11) is 0. The van der Waals surface area contributed by atoms with Gasteiger partial charge in [0.2, 0.25) is 0 Å². The first-order chi connectivity index (χ1) is 10.9. The minimum absolute atomic E-state index is 0.126. The summed E-state index contributed by atoms with van der Waals surface area (Å²) in [4.78, 5) is 0.417. The number of allylic oxidation sites excluding steroid dienone is 1. The van der Waals surface area contributed by atoms with E-state index in [1.54, 1.807) is 0 Å². The summed E-state index contributed by atoms with van der Waals surface area (Å²) in [6.45, 7) is 13.2. The van der Waals surface area contributed by atoms with Crippen molar-refractivity contribution in [3.63, 3.8) is 0 Å². The van der Waals surface area contributed by atoms with Crippen LogP contribution in [0.4, 0.5) is 0 Å². The molecule has 3 aliphatic carbocycles. The van der Waals surface area contributed by atoms with E-state index >= 15 is 0 Å². The predicted octanol–water partition coefficient (Wildman–Crippen LogP) is 5.05. The first-order valence-corrected chi connectivity index (χ1v) is 11.1. The van der Waals surface area contributed by atoms with Crippen LogP contribution in [-0.4, -0.2) is 31.1 Å². The van der Waals surface area contributed by atoms with Crippen molar-refractivity contribution in [2.75, 3.05) is 0 Å². The number of hydrogen-bond acceptors (Lipinski definition) is 2. The van der Waals surface area contributed by atoms with Crippen LogP contribution in [0.2, 0.25) is 0 Å². The van der Waals surface area contributed by atoms with E-state index in [4.69, 9.17) is 0 Å². The van der Waals surface area contributed by atoms with Crippen LogP contribution in [0, 0.1) is 29.1 Å². The largest absolute Gasteiger partial charge is 0.390 e. The number of fused-ring (bicyclic) bond motifs is 1. The van der Waals surface area contributed by atoms with Gasteiger partial charge in [-0.3, -0.25) is 0 Å².